The summed E-state index contributed by atoms with van der Waals surface area (Å²) < 4.78 is 0. The second-order valence-corrected chi connectivity index (χ2v) is 2.38. The fourth-order valence-corrected chi connectivity index (χ4v) is 0.830. The molecule has 0 saturated carbocycles. The number of carbonyl (C=O) groups is 1. The zero-order valence-corrected chi connectivity index (χ0v) is 6.00. The predicted octanol–water partition coefficient (Wildman–Crippen LogP) is 2.02. The van der Waals surface area contributed by atoms with Crippen molar-refractivity contribution in [3.05, 3.63) is 35.5 Å². The lowest BCUT2D eigenvalue weighted by Crippen LogP contribution is -1.78. The molecule has 0 bridgehead atoms. The third-order valence-electron chi connectivity index (χ3n) is 1.45. The Balaban J connectivity index is 2.83. The van der Waals surface area contributed by atoms with Gasteiger partial charge in [0.2, 0.25) is 0 Å². The topological polar surface area (TPSA) is 17.1 Å². The molecule has 0 N–H and O–H groups in total. The molecule has 1 nitrogen and oxygen atoms in total. The molecule has 0 aromatic heterocycles. The van der Waals surface area contributed by atoms with Gasteiger partial charge in [0, 0.05) is 0 Å². The molecule has 1 aliphatic rings. The minimum Gasteiger partial charge on any atom is -0.298 e. The first-order valence-electron chi connectivity index (χ1n) is 3.32. The molecule has 0 unspecified atom stereocenters. The summed E-state index contributed by atoms with van der Waals surface area (Å²) in [5.74, 6) is 0. The van der Waals surface area contributed by atoms with Crippen LogP contribution in [0.2, 0.25) is 0 Å². The Labute approximate surface area is 60.7 Å². The van der Waals surface area contributed by atoms with Crippen LogP contribution >= 0.6 is 0 Å². The van der Waals surface area contributed by atoms with E-state index in [1.54, 1.807) is 0 Å². The van der Waals surface area contributed by atoms with E-state index in [-0.39, 0.29) is 0 Å². The number of hydrogen-bond donors (Lipinski definition) is 0. The Kier molecular flexibility index (Phi) is 2.21. The summed E-state index contributed by atoms with van der Waals surface area (Å²) in [7, 11) is 0. The molecule has 52 valence electrons. The van der Waals surface area contributed by atoms with Gasteiger partial charge in [0.15, 0.2) is 0 Å². The van der Waals surface area contributed by atoms with E-state index in [0.717, 1.165) is 18.3 Å². The van der Waals surface area contributed by atoms with E-state index in [1.807, 2.05) is 31.2 Å². The molecular formula is C9H10O. The lowest BCUT2D eigenvalue weighted by Gasteiger charge is -1.85. The van der Waals surface area contributed by atoms with Crippen LogP contribution in [0, 0.1) is 0 Å². The van der Waals surface area contributed by atoms with Gasteiger partial charge in [-0.2, -0.15) is 0 Å². The molecule has 10 heavy (non-hydrogen) atoms. The smallest absolute Gasteiger partial charge is 0.146 e. The lowest BCUT2D eigenvalue weighted by molar-refractivity contribution is -0.104. The summed E-state index contributed by atoms with van der Waals surface area (Å²) in [6.07, 6.45) is 9.50. The van der Waals surface area contributed by atoms with Gasteiger partial charge in [-0.15, -0.1) is 0 Å². The van der Waals surface area contributed by atoms with Crippen molar-refractivity contribution in [3.63, 3.8) is 0 Å². The van der Waals surface area contributed by atoms with Crippen LogP contribution in [0.5, 0.6) is 0 Å². The number of aldehydes is 1. The fraction of sp³-hybridized carbons (Fsp3) is 0.222. The molecule has 0 aromatic carbocycles. The van der Waals surface area contributed by atoms with Crippen molar-refractivity contribution in [1.82, 2.24) is 0 Å². The maximum Gasteiger partial charge on any atom is 0.146 e. The largest absolute Gasteiger partial charge is 0.298 e. The first-order valence-corrected chi connectivity index (χ1v) is 3.32. The van der Waals surface area contributed by atoms with Gasteiger partial charge in [-0.25, -0.2) is 0 Å². The van der Waals surface area contributed by atoms with Crippen LogP contribution in [0.15, 0.2) is 35.5 Å². The highest BCUT2D eigenvalue weighted by molar-refractivity contribution is 5.74. The molecule has 0 amide bonds. The fourth-order valence-electron chi connectivity index (χ4n) is 0.830. The van der Waals surface area contributed by atoms with E-state index in [4.69, 9.17) is 0 Å². The summed E-state index contributed by atoms with van der Waals surface area (Å²) in [4.78, 5) is 10.3. The Morgan fingerprint density at radius 2 is 2.30 bits per heavy atom. The Hall–Kier alpha value is -1.11. The highest BCUT2D eigenvalue weighted by atomic mass is 16.1. The first kappa shape index (κ1) is 7.00. The average molecular weight is 134 g/mol. The quantitative estimate of drug-likeness (QED) is 0.501. The maximum absolute atomic E-state index is 10.3. The van der Waals surface area contributed by atoms with Gasteiger partial charge < -0.3 is 0 Å². The number of carbonyl (C=O) groups excluding carboxylic acids is 1. The monoisotopic (exact) mass is 134 g/mol. The summed E-state index contributed by atoms with van der Waals surface area (Å²) in [5, 5.41) is 0. The molecule has 0 fully saturated rings. The SMILES string of the molecule is CC1=CC=C(C=O)CC=C1. The second-order valence-electron chi connectivity index (χ2n) is 2.38. The van der Waals surface area contributed by atoms with Gasteiger partial charge in [0.1, 0.15) is 6.29 Å². The standard InChI is InChI=1S/C9H10O/c1-8-3-2-4-9(7-10)6-5-8/h2-3,5-7H,4H2,1H3. The van der Waals surface area contributed by atoms with E-state index in [0.29, 0.717) is 0 Å². The molecule has 0 aliphatic heterocycles. The summed E-state index contributed by atoms with van der Waals surface area (Å²) in [5.41, 5.74) is 2.03. The van der Waals surface area contributed by atoms with Crippen molar-refractivity contribution >= 4 is 6.29 Å². The van der Waals surface area contributed by atoms with Crippen LogP contribution in [0.3, 0.4) is 0 Å². The molecule has 0 radical (unpaired) electrons. The summed E-state index contributed by atoms with van der Waals surface area (Å²) in [6, 6.07) is 0. The van der Waals surface area contributed by atoms with Crippen molar-refractivity contribution < 1.29 is 4.79 Å². The van der Waals surface area contributed by atoms with E-state index >= 15 is 0 Å². The third-order valence-corrected chi connectivity index (χ3v) is 1.45. The minimum atomic E-state index is 0.761. The van der Waals surface area contributed by atoms with Crippen molar-refractivity contribution in [3.8, 4) is 0 Å². The van der Waals surface area contributed by atoms with Crippen molar-refractivity contribution in [2.45, 2.75) is 13.3 Å². The molecule has 0 saturated heterocycles. The molecule has 1 aliphatic carbocycles. The molecule has 1 heteroatoms. The minimum absolute atomic E-state index is 0.761. The van der Waals surface area contributed by atoms with Crippen LogP contribution in [-0.4, -0.2) is 6.29 Å². The zero-order chi connectivity index (χ0) is 7.40. The van der Waals surface area contributed by atoms with Gasteiger partial charge in [-0.3, -0.25) is 4.79 Å². The zero-order valence-electron chi connectivity index (χ0n) is 6.00. The molecule has 0 heterocycles. The third kappa shape index (κ3) is 1.69. The highest BCUT2D eigenvalue weighted by Gasteiger charge is 1.93. The van der Waals surface area contributed by atoms with Gasteiger partial charge in [-0.05, 0) is 18.9 Å². The molecular weight excluding hydrogens is 124 g/mol. The van der Waals surface area contributed by atoms with Gasteiger partial charge in [0.25, 0.3) is 0 Å². The van der Waals surface area contributed by atoms with Gasteiger partial charge >= 0.3 is 0 Å². The number of hydrogen-bond acceptors (Lipinski definition) is 1. The lowest BCUT2D eigenvalue weighted by atomic mass is 10.2. The highest BCUT2D eigenvalue weighted by Crippen LogP contribution is 2.07. The van der Waals surface area contributed by atoms with Crippen molar-refractivity contribution in [2.75, 3.05) is 0 Å². The summed E-state index contributed by atoms with van der Waals surface area (Å²) in [6.45, 7) is 2.01. The van der Waals surface area contributed by atoms with Crippen LogP contribution in [0.1, 0.15) is 13.3 Å². The number of rotatable bonds is 1. The Morgan fingerprint density at radius 1 is 1.50 bits per heavy atom. The Bertz CT molecular complexity index is 219. The van der Waals surface area contributed by atoms with Crippen LogP contribution in [0.4, 0.5) is 0 Å². The van der Waals surface area contributed by atoms with Crippen LogP contribution in [0.25, 0.3) is 0 Å². The molecule has 0 spiro atoms. The van der Waals surface area contributed by atoms with E-state index in [9.17, 15) is 4.79 Å². The van der Waals surface area contributed by atoms with Crippen molar-refractivity contribution in [1.29, 1.82) is 0 Å². The van der Waals surface area contributed by atoms with E-state index in [1.165, 1.54) is 5.57 Å². The summed E-state index contributed by atoms with van der Waals surface area (Å²) >= 11 is 0. The number of allylic oxidation sites excluding steroid dienone is 6. The first-order chi connectivity index (χ1) is 4.83. The normalized spacial score (nSPS) is 17.3. The Morgan fingerprint density at radius 3 is 3.00 bits per heavy atom. The average Bonchev–Trinajstić information content (AvgIpc) is 2.14. The maximum atomic E-state index is 10.3. The molecule has 1 rings (SSSR count). The van der Waals surface area contributed by atoms with E-state index in [2.05, 4.69) is 0 Å². The molecule has 0 atom stereocenters. The van der Waals surface area contributed by atoms with Crippen LogP contribution < -0.4 is 0 Å². The van der Waals surface area contributed by atoms with Crippen LogP contribution in [-0.2, 0) is 4.79 Å². The van der Waals surface area contributed by atoms with Gasteiger partial charge in [0.05, 0.1) is 0 Å². The predicted molar refractivity (Wildman–Crippen MR) is 41.7 cm³/mol. The van der Waals surface area contributed by atoms with E-state index < -0.39 is 0 Å². The van der Waals surface area contributed by atoms with Crippen molar-refractivity contribution in [2.24, 2.45) is 0 Å². The van der Waals surface area contributed by atoms with Gasteiger partial charge in [-0.1, -0.05) is 29.9 Å². The second kappa shape index (κ2) is 3.16. The molecule has 0 aromatic rings.